The van der Waals surface area contributed by atoms with Crippen molar-refractivity contribution in [3.05, 3.63) is 166 Å². The van der Waals surface area contributed by atoms with E-state index in [0.717, 1.165) is 34.9 Å². The van der Waals surface area contributed by atoms with Gasteiger partial charge in [-0.3, -0.25) is 0 Å². The summed E-state index contributed by atoms with van der Waals surface area (Å²) >= 11 is 0. The van der Waals surface area contributed by atoms with Crippen molar-refractivity contribution in [2.45, 2.75) is 51.6 Å². The molecule has 6 aromatic heterocycles. The first-order valence-electron chi connectivity index (χ1n) is 20.5. The number of aromatic nitrogens is 12. The minimum Gasteiger partial charge on any atom is -0.479 e. The van der Waals surface area contributed by atoms with Crippen LogP contribution in [-0.4, -0.2) is 72.8 Å². The number of aryl methyl sites for hydroxylation is 4. The zero-order valence-corrected chi connectivity index (χ0v) is 35.7. The minimum atomic E-state index is -1.21. The van der Waals surface area contributed by atoms with Crippen LogP contribution in [0.15, 0.2) is 73.6 Å². The van der Waals surface area contributed by atoms with Crippen molar-refractivity contribution in [2.24, 2.45) is 0 Å². The van der Waals surface area contributed by atoms with Gasteiger partial charge in [0.05, 0.1) is 49.6 Å². The second-order valence-electron chi connectivity index (χ2n) is 15.4. The Morgan fingerprint density at radius 1 is 0.530 bits per heavy atom. The summed E-state index contributed by atoms with van der Waals surface area (Å²) < 4.78 is 100. The van der Waals surface area contributed by atoms with Crippen molar-refractivity contribution in [1.29, 1.82) is 0 Å². The molecule has 2 aromatic carbocycles. The Morgan fingerprint density at radius 3 is 1.32 bits per heavy atom. The van der Waals surface area contributed by atoms with Crippen LogP contribution in [0.25, 0.3) is 35.7 Å². The molecule has 336 valence electrons. The van der Waals surface area contributed by atoms with Gasteiger partial charge in [0.15, 0.2) is 34.9 Å². The van der Waals surface area contributed by atoms with Gasteiger partial charge in [-0.05, 0) is 87.4 Å². The van der Waals surface area contributed by atoms with Gasteiger partial charge < -0.3 is 18.6 Å². The Balaban J connectivity index is 0.000000166. The fourth-order valence-corrected chi connectivity index (χ4v) is 7.89. The van der Waals surface area contributed by atoms with E-state index in [2.05, 4.69) is 40.1 Å². The molecule has 0 amide bonds. The normalized spacial score (nSPS) is 15.4. The molecule has 2 aliphatic rings. The zero-order chi connectivity index (χ0) is 46.2. The van der Waals surface area contributed by atoms with Gasteiger partial charge in [0.2, 0.25) is 11.8 Å². The maximum atomic E-state index is 14.3. The van der Waals surface area contributed by atoms with Crippen molar-refractivity contribution in [1.82, 2.24) is 58.6 Å². The molecule has 10 rings (SSSR count). The van der Waals surface area contributed by atoms with E-state index in [9.17, 15) is 26.3 Å². The van der Waals surface area contributed by atoms with Crippen molar-refractivity contribution >= 4 is 24.3 Å². The summed E-state index contributed by atoms with van der Waals surface area (Å²) in [4.78, 5) is 26.4. The van der Waals surface area contributed by atoms with Crippen LogP contribution in [0, 0.1) is 48.8 Å². The van der Waals surface area contributed by atoms with Crippen LogP contribution in [0.5, 0.6) is 11.8 Å². The number of halogens is 6. The molecule has 8 aromatic rings. The summed E-state index contributed by atoms with van der Waals surface area (Å²) in [5.41, 5.74) is 4.68. The largest absolute Gasteiger partial charge is 0.479 e. The molecule has 2 aliphatic heterocycles. The monoisotopic (exact) mass is 904 g/mol. The molecule has 2 atom stereocenters. The predicted octanol–water partition coefficient (Wildman–Crippen LogP) is 8.60. The van der Waals surface area contributed by atoms with Crippen LogP contribution in [0.1, 0.15) is 81.9 Å². The Kier molecular flexibility index (Phi) is 11.8. The highest BCUT2D eigenvalue weighted by atomic mass is 19.2. The Labute approximate surface area is 372 Å². The quantitative estimate of drug-likeness (QED) is 0.0968. The minimum absolute atomic E-state index is 0.0762. The number of imidazole rings is 2. The number of hydrogen-bond acceptors (Lipinski definition) is 10. The van der Waals surface area contributed by atoms with Gasteiger partial charge in [-0.2, -0.15) is 10.2 Å². The van der Waals surface area contributed by atoms with Gasteiger partial charge in [0.1, 0.15) is 34.7 Å². The Morgan fingerprint density at radius 2 is 0.939 bits per heavy atom. The summed E-state index contributed by atoms with van der Waals surface area (Å²) in [6.45, 7) is 4.80. The first-order valence-corrected chi connectivity index (χ1v) is 20.5. The standard InChI is InChI=1S/2C23H19F3N6O/c2*1-13-11-31(12-27-13)20-5-3-14(28-23(20)33-2)4-6-21-29-22-15(7-8-32(22)30-21)16-9-18(25)19(26)10-17(16)24/h2*3-6,9-12,15H,7-8H2,1-2H3/b2*6-4+. The van der Waals surface area contributed by atoms with Crippen LogP contribution in [-0.2, 0) is 13.1 Å². The third-order valence-electron chi connectivity index (χ3n) is 11.0. The molecular formula is C46H38F6N12O2. The average molecular weight is 905 g/mol. The molecule has 0 radical (unpaired) electrons. The van der Waals surface area contributed by atoms with E-state index in [0.29, 0.717) is 84.5 Å². The first-order chi connectivity index (χ1) is 31.8. The molecule has 0 saturated heterocycles. The third-order valence-corrected chi connectivity index (χ3v) is 11.0. The average Bonchev–Trinajstić information content (AvgIpc) is 4.18. The van der Waals surface area contributed by atoms with Gasteiger partial charge in [-0.25, -0.2) is 65.6 Å². The molecule has 66 heavy (non-hydrogen) atoms. The number of rotatable bonds is 10. The van der Waals surface area contributed by atoms with Gasteiger partial charge >= 0.3 is 0 Å². The molecule has 0 saturated carbocycles. The van der Waals surface area contributed by atoms with Crippen LogP contribution in [0.2, 0.25) is 0 Å². The smallest absolute Gasteiger partial charge is 0.238 e. The van der Waals surface area contributed by atoms with Crippen LogP contribution in [0.4, 0.5) is 26.3 Å². The number of benzene rings is 2. The van der Waals surface area contributed by atoms with E-state index < -0.39 is 46.7 Å². The number of pyridine rings is 2. The molecule has 0 aliphatic carbocycles. The molecule has 0 spiro atoms. The number of methoxy groups -OCH3 is 2. The van der Waals surface area contributed by atoms with E-state index >= 15 is 0 Å². The van der Waals surface area contributed by atoms with E-state index in [1.54, 1.807) is 60.5 Å². The fourth-order valence-electron chi connectivity index (χ4n) is 7.89. The van der Waals surface area contributed by atoms with Gasteiger partial charge in [-0.1, -0.05) is 0 Å². The molecule has 20 heteroatoms. The molecule has 14 nitrogen and oxygen atoms in total. The van der Waals surface area contributed by atoms with Crippen molar-refractivity contribution < 1.29 is 35.8 Å². The SMILES string of the molecule is COc1nc(/C=C/c2nc3n(n2)CCC3c2cc(F)c(F)cc2F)ccc1-n1cnc(C)c1.COc1nc(/C=C/c2nc3n(n2)CCC3c2cc(F)c(F)cc2F)ccc1-n1cnc(C)c1. The van der Waals surface area contributed by atoms with Crippen molar-refractivity contribution in [3.63, 3.8) is 0 Å². The third kappa shape index (κ3) is 8.68. The zero-order valence-electron chi connectivity index (χ0n) is 35.7. The number of hydrogen-bond donors (Lipinski definition) is 0. The van der Waals surface area contributed by atoms with E-state index in [4.69, 9.17) is 9.47 Å². The van der Waals surface area contributed by atoms with Crippen LogP contribution < -0.4 is 9.47 Å². The predicted molar refractivity (Wildman–Crippen MR) is 229 cm³/mol. The molecule has 0 N–H and O–H groups in total. The van der Waals surface area contributed by atoms with Crippen LogP contribution >= 0.6 is 0 Å². The van der Waals surface area contributed by atoms with Crippen molar-refractivity contribution in [2.75, 3.05) is 14.2 Å². The second-order valence-corrected chi connectivity index (χ2v) is 15.4. The van der Waals surface area contributed by atoms with Gasteiger partial charge in [-0.15, -0.1) is 0 Å². The molecule has 0 bridgehead atoms. The highest BCUT2D eigenvalue weighted by molar-refractivity contribution is 5.67. The Bertz CT molecular complexity index is 2960. The molecule has 8 heterocycles. The maximum absolute atomic E-state index is 14.3. The lowest BCUT2D eigenvalue weighted by Crippen LogP contribution is -2.04. The lowest BCUT2D eigenvalue weighted by molar-refractivity contribution is 0.395. The number of fused-ring (bicyclic) bond motifs is 2. The van der Waals surface area contributed by atoms with Gasteiger partial charge in [0, 0.05) is 60.6 Å². The van der Waals surface area contributed by atoms with Crippen LogP contribution in [0.3, 0.4) is 0 Å². The lowest BCUT2D eigenvalue weighted by atomic mass is 9.96. The topological polar surface area (TPSA) is 141 Å². The molecule has 2 unspecified atom stereocenters. The maximum Gasteiger partial charge on any atom is 0.238 e. The molecular weight excluding hydrogens is 867 g/mol. The summed E-state index contributed by atoms with van der Waals surface area (Å²) in [7, 11) is 3.09. The summed E-state index contributed by atoms with van der Waals surface area (Å²) in [6, 6.07) is 10.3. The summed E-state index contributed by atoms with van der Waals surface area (Å²) in [5.74, 6) is -4.46. The summed E-state index contributed by atoms with van der Waals surface area (Å²) in [5, 5.41) is 8.84. The highest BCUT2D eigenvalue weighted by Gasteiger charge is 2.32. The second kappa shape index (κ2) is 17.9. The van der Waals surface area contributed by atoms with E-state index in [1.807, 2.05) is 59.6 Å². The van der Waals surface area contributed by atoms with Crippen molar-refractivity contribution in [3.8, 4) is 23.1 Å². The van der Waals surface area contributed by atoms with E-state index in [1.165, 1.54) is 0 Å². The lowest BCUT2D eigenvalue weighted by Gasteiger charge is -2.10. The highest BCUT2D eigenvalue weighted by Crippen LogP contribution is 2.37. The Hall–Kier alpha value is -7.90. The first kappa shape index (κ1) is 43.4. The number of ether oxygens (including phenoxy) is 2. The van der Waals surface area contributed by atoms with E-state index in [-0.39, 0.29) is 11.1 Å². The fraction of sp³-hybridized carbons (Fsp3) is 0.217. The summed E-state index contributed by atoms with van der Waals surface area (Å²) in [6.07, 6.45) is 15.0. The number of nitrogens with zero attached hydrogens (tertiary/aromatic N) is 12. The molecule has 0 fully saturated rings. The van der Waals surface area contributed by atoms with Gasteiger partial charge in [0.25, 0.3) is 0 Å².